The van der Waals surface area contributed by atoms with Gasteiger partial charge in [0, 0.05) is 19.0 Å². The number of rotatable bonds is 11. The highest BCUT2D eigenvalue weighted by molar-refractivity contribution is 5.88. The van der Waals surface area contributed by atoms with E-state index in [-0.39, 0.29) is 17.9 Å². The second-order valence-corrected chi connectivity index (χ2v) is 8.36. The number of amides is 2. The molecule has 1 N–H and O–H groups in total. The van der Waals surface area contributed by atoms with Crippen molar-refractivity contribution >= 4 is 11.8 Å². The van der Waals surface area contributed by atoms with E-state index in [0.29, 0.717) is 25.8 Å². The second kappa shape index (κ2) is 12.3. The molecule has 0 radical (unpaired) electrons. The van der Waals surface area contributed by atoms with Crippen molar-refractivity contribution in [2.24, 2.45) is 0 Å². The smallest absolute Gasteiger partial charge is 0.243 e. The van der Waals surface area contributed by atoms with Crippen LogP contribution in [0.3, 0.4) is 0 Å². The molecular weight excluding hydrogens is 384 g/mol. The van der Waals surface area contributed by atoms with Crippen molar-refractivity contribution < 1.29 is 9.59 Å². The molecule has 2 aromatic rings. The largest absolute Gasteiger partial charge is 0.352 e. The van der Waals surface area contributed by atoms with E-state index in [4.69, 9.17) is 0 Å². The summed E-state index contributed by atoms with van der Waals surface area (Å²) in [7, 11) is 0. The lowest BCUT2D eigenvalue weighted by Crippen LogP contribution is -2.50. The predicted octanol–water partition coefficient (Wildman–Crippen LogP) is 5.21. The van der Waals surface area contributed by atoms with Crippen molar-refractivity contribution in [1.82, 2.24) is 10.2 Å². The molecule has 0 heterocycles. The van der Waals surface area contributed by atoms with Gasteiger partial charge in [-0.2, -0.15) is 0 Å². The van der Waals surface area contributed by atoms with Crippen molar-refractivity contribution in [3.05, 3.63) is 70.8 Å². The second-order valence-electron chi connectivity index (χ2n) is 8.36. The molecule has 2 amide bonds. The van der Waals surface area contributed by atoms with E-state index in [2.05, 4.69) is 36.5 Å². The van der Waals surface area contributed by atoms with Crippen LogP contribution in [0.5, 0.6) is 0 Å². The van der Waals surface area contributed by atoms with E-state index >= 15 is 0 Å². The molecule has 0 aliphatic rings. The third-order valence-corrected chi connectivity index (χ3v) is 6.05. The van der Waals surface area contributed by atoms with Crippen LogP contribution in [-0.2, 0) is 29.0 Å². The number of carbonyl (C=O) groups is 2. The maximum atomic E-state index is 13.4. The number of aryl methyl sites for hydroxylation is 3. The SMILES string of the molecule is CCc1ccc(CCC(=O)N(Cc2ccccc2C)[C@@H](CC)C(=O)N[C@H](C)CC)cc1. The summed E-state index contributed by atoms with van der Waals surface area (Å²) < 4.78 is 0. The van der Waals surface area contributed by atoms with Gasteiger partial charge in [-0.05, 0) is 61.8 Å². The van der Waals surface area contributed by atoms with Crippen LogP contribution in [0.25, 0.3) is 0 Å². The molecule has 0 saturated carbocycles. The maximum Gasteiger partial charge on any atom is 0.243 e. The lowest BCUT2D eigenvalue weighted by Gasteiger charge is -2.32. The Labute approximate surface area is 188 Å². The first-order chi connectivity index (χ1) is 14.9. The van der Waals surface area contributed by atoms with Crippen LogP contribution in [0, 0.1) is 6.92 Å². The molecule has 4 nitrogen and oxygen atoms in total. The normalized spacial score (nSPS) is 12.8. The molecule has 2 aromatic carbocycles. The van der Waals surface area contributed by atoms with Gasteiger partial charge in [-0.1, -0.05) is 69.3 Å². The zero-order valence-electron chi connectivity index (χ0n) is 19.8. The van der Waals surface area contributed by atoms with Gasteiger partial charge in [0.1, 0.15) is 6.04 Å². The number of hydrogen-bond donors (Lipinski definition) is 1. The standard InChI is InChI=1S/C27H38N2O2/c1-6-21(5)28-27(31)25(8-3)29(19-24-12-10-9-11-20(24)4)26(30)18-17-23-15-13-22(7-2)14-16-23/h9-16,21,25H,6-8,17-19H2,1-5H3,(H,28,31)/t21-,25+/m1/s1. The summed E-state index contributed by atoms with van der Waals surface area (Å²) in [4.78, 5) is 28.1. The molecule has 0 fully saturated rings. The Morgan fingerprint density at radius 3 is 2.16 bits per heavy atom. The molecule has 0 saturated heterocycles. The summed E-state index contributed by atoms with van der Waals surface area (Å²) in [6.45, 7) is 10.7. The van der Waals surface area contributed by atoms with Crippen molar-refractivity contribution in [2.75, 3.05) is 0 Å². The topological polar surface area (TPSA) is 49.4 Å². The fourth-order valence-electron chi connectivity index (χ4n) is 3.67. The van der Waals surface area contributed by atoms with Gasteiger partial charge in [0.05, 0.1) is 0 Å². The molecule has 0 aliphatic carbocycles. The Bertz CT molecular complexity index is 845. The van der Waals surface area contributed by atoms with Gasteiger partial charge in [-0.15, -0.1) is 0 Å². The average Bonchev–Trinajstić information content (AvgIpc) is 2.78. The molecule has 0 unspecified atom stereocenters. The van der Waals surface area contributed by atoms with Crippen LogP contribution in [0.4, 0.5) is 0 Å². The molecule has 2 rings (SSSR count). The minimum Gasteiger partial charge on any atom is -0.352 e. The van der Waals surface area contributed by atoms with Crippen LogP contribution in [0.1, 0.15) is 69.2 Å². The summed E-state index contributed by atoms with van der Waals surface area (Å²) in [5.74, 6) is -0.0416. The summed E-state index contributed by atoms with van der Waals surface area (Å²) in [5, 5.41) is 3.07. The Morgan fingerprint density at radius 2 is 1.58 bits per heavy atom. The Morgan fingerprint density at radius 1 is 0.935 bits per heavy atom. The van der Waals surface area contributed by atoms with Gasteiger partial charge in [-0.3, -0.25) is 9.59 Å². The minimum absolute atomic E-state index is 0.0222. The van der Waals surface area contributed by atoms with E-state index in [9.17, 15) is 9.59 Å². The van der Waals surface area contributed by atoms with E-state index in [0.717, 1.165) is 29.5 Å². The van der Waals surface area contributed by atoms with Gasteiger partial charge in [-0.25, -0.2) is 0 Å². The monoisotopic (exact) mass is 422 g/mol. The Kier molecular flexibility index (Phi) is 9.77. The van der Waals surface area contributed by atoms with Gasteiger partial charge >= 0.3 is 0 Å². The molecule has 0 aromatic heterocycles. The Hall–Kier alpha value is -2.62. The average molecular weight is 423 g/mol. The van der Waals surface area contributed by atoms with E-state index in [1.165, 1.54) is 5.56 Å². The van der Waals surface area contributed by atoms with Gasteiger partial charge in [0.15, 0.2) is 0 Å². The number of nitrogens with zero attached hydrogens (tertiary/aromatic N) is 1. The van der Waals surface area contributed by atoms with Crippen molar-refractivity contribution in [3.8, 4) is 0 Å². The predicted molar refractivity (Wildman–Crippen MR) is 128 cm³/mol. The van der Waals surface area contributed by atoms with Gasteiger partial charge in [0.25, 0.3) is 0 Å². The van der Waals surface area contributed by atoms with Crippen LogP contribution in [0.2, 0.25) is 0 Å². The molecular formula is C27H38N2O2. The zero-order valence-corrected chi connectivity index (χ0v) is 19.8. The molecule has 0 spiro atoms. The first-order valence-corrected chi connectivity index (χ1v) is 11.6. The zero-order chi connectivity index (χ0) is 22.8. The van der Waals surface area contributed by atoms with Crippen molar-refractivity contribution in [3.63, 3.8) is 0 Å². The number of hydrogen-bond acceptors (Lipinski definition) is 2. The van der Waals surface area contributed by atoms with Crippen LogP contribution >= 0.6 is 0 Å². The molecule has 168 valence electrons. The van der Waals surface area contributed by atoms with Crippen molar-refractivity contribution in [1.29, 1.82) is 0 Å². The fourth-order valence-corrected chi connectivity index (χ4v) is 3.67. The van der Waals surface area contributed by atoms with Crippen molar-refractivity contribution in [2.45, 2.75) is 85.4 Å². The molecule has 4 heteroatoms. The highest BCUT2D eigenvalue weighted by Gasteiger charge is 2.29. The quantitative estimate of drug-likeness (QED) is 0.540. The fraction of sp³-hybridized carbons (Fsp3) is 0.481. The Balaban J connectivity index is 2.20. The highest BCUT2D eigenvalue weighted by Crippen LogP contribution is 2.18. The summed E-state index contributed by atoms with van der Waals surface area (Å²) >= 11 is 0. The first kappa shape index (κ1) is 24.6. The summed E-state index contributed by atoms with van der Waals surface area (Å²) in [6, 6.07) is 16.1. The number of nitrogens with one attached hydrogen (secondary N) is 1. The van der Waals surface area contributed by atoms with E-state index in [1.54, 1.807) is 4.90 Å². The molecule has 0 aliphatic heterocycles. The van der Waals surface area contributed by atoms with E-state index < -0.39 is 6.04 Å². The lowest BCUT2D eigenvalue weighted by molar-refractivity contribution is -0.141. The van der Waals surface area contributed by atoms with Gasteiger partial charge in [0.2, 0.25) is 11.8 Å². The van der Waals surface area contributed by atoms with Crippen LogP contribution < -0.4 is 5.32 Å². The third-order valence-electron chi connectivity index (χ3n) is 6.05. The minimum atomic E-state index is -0.469. The first-order valence-electron chi connectivity index (χ1n) is 11.6. The molecule has 2 atom stereocenters. The maximum absolute atomic E-state index is 13.4. The third kappa shape index (κ3) is 7.23. The number of carbonyl (C=O) groups excluding carboxylic acids is 2. The molecule has 31 heavy (non-hydrogen) atoms. The number of benzene rings is 2. The van der Waals surface area contributed by atoms with Gasteiger partial charge < -0.3 is 10.2 Å². The molecule has 0 bridgehead atoms. The summed E-state index contributed by atoms with van der Waals surface area (Å²) in [5.41, 5.74) is 4.66. The highest BCUT2D eigenvalue weighted by atomic mass is 16.2. The van der Waals surface area contributed by atoms with Crippen LogP contribution in [0.15, 0.2) is 48.5 Å². The van der Waals surface area contributed by atoms with Crippen LogP contribution in [-0.4, -0.2) is 28.8 Å². The van der Waals surface area contributed by atoms with E-state index in [1.807, 2.05) is 52.0 Å². The lowest BCUT2D eigenvalue weighted by atomic mass is 10.0. The summed E-state index contributed by atoms with van der Waals surface area (Å²) in [6.07, 6.45) is 3.53.